The molecule has 1 N–H and O–H groups in total. The first kappa shape index (κ1) is 19.4. The van der Waals surface area contributed by atoms with Crippen LogP contribution in [-0.4, -0.2) is 27.7 Å². The van der Waals surface area contributed by atoms with E-state index in [4.69, 9.17) is 9.47 Å². The van der Waals surface area contributed by atoms with Gasteiger partial charge in [-0.3, -0.25) is 9.10 Å². The van der Waals surface area contributed by atoms with E-state index in [1.54, 1.807) is 36.4 Å². The number of benzene rings is 3. The molecule has 2 heterocycles. The molecular formula is C22H17FN2O5S. The van der Waals surface area contributed by atoms with Crippen molar-refractivity contribution in [2.24, 2.45) is 0 Å². The third-order valence-corrected chi connectivity index (χ3v) is 7.00. The minimum absolute atomic E-state index is 0.0386. The zero-order chi connectivity index (χ0) is 21.6. The second-order valence-corrected chi connectivity index (χ2v) is 8.96. The second kappa shape index (κ2) is 7.28. The predicted octanol–water partition coefficient (Wildman–Crippen LogP) is 3.05. The summed E-state index contributed by atoms with van der Waals surface area (Å²) in [4.78, 5) is 12.7. The molecule has 0 atom stereocenters. The minimum atomic E-state index is -3.98. The lowest BCUT2D eigenvalue weighted by Gasteiger charge is -2.31. The van der Waals surface area contributed by atoms with Crippen LogP contribution < -0.4 is 19.1 Å². The fourth-order valence-electron chi connectivity index (χ4n) is 3.71. The first-order chi connectivity index (χ1) is 14.9. The molecule has 0 unspecified atom stereocenters. The van der Waals surface area contributed by atoms with Crippen LogP contribution in [0.1, 0.15) is 5.56 Å². The molecule has 0 radical (unpaired) electrons. The Hall–Kier alpha value is -3.59. The van der Waals surface area contributed by atoms with Gasteiger partial charge in [0.25, 0.3) is 10.0 Å². The van der Waals surface area contributed by atoms with Crippen LogP contribution in [0.25, 0.3) is 11.1 Å². The van der Waals surface area contributed by atoms with Crippen molar-refractivity contribution in [3.8, 4) is 22.6 Å². The summed E-state index contributed by atoms with van der Waals surface area (Å²) in [5.74, 6) is 0.255. The Bertz CT molecular complexity index is 1310. The van der Waals surface area contributed by atoms with Crippen LogP contribution >= 0.6 is 0 Å². The van der Waals surface area contributed by atoms with Crippen LogP contribution in [0.15, 0.2) is 65.6 Å². The Morgan fingerprint density at radius 3 is 2.68 bits per heavy atom. The quantitative estimate of drug-likeness (QED) is 0.674. The number of anilines is 1. The molecule has 3 aromatic rings. The molecule has 3 aromatic carbocycles. The largest absolute Gasteiger partial charge is 0.454 e. The van der Waals surface area contributed by atoms with Crippen molar-refractivity contribution in [2.45, 2.75) is 11.4 Å². The number of nitrogens with one attached hydrogen (secondary N) is 1. The summed E-state index contributed by atoms with van der Waals surface area (Å²) < 4.78 is 51.9. The van der Waals surface area contributed by atoms with Crippen LogP contribution in [0.2, 0.25) is 0 Å². The average Bonchev–Trinajstić information content (AvgIpc) is 3.23. The molecule has 5 rings (SSSR count). The van der Waals surface area contributed by atoms with Gasteiger partial charge in [-0.05, 0) is 42.0 Å². The van der Waals surface area contributed by atoms with Crippen molar-refractivity contribution in [1.82, 2.24) is 5.32 Å². The van der Waals surface area contributed by atoms with Gasteiger partial charge < -0.3 is 14.8 Å². The minimum Gasteiger partial charge on any atom is -0.454 e. The third-order valence-electron chi connectivity index (χ3n) is 5.19. The Kier molecular flexibility index (Phi) is 4.55. The van der Waals surface area contributed by atoms with Gasteiger partial charge in [0.2, 0.25) is 12.7 Å². The summed E-state index contributed by atoms with van der Waals surface area (Å²) in [6, 6.07) is 15.5. The number of rotatable bonds is 4. The number of halogens is 1. The number of hydrogen-bond donors (Lipinski definition) is 1. The average molecular weight is 440 g/mol. The van der Waals surface area contributed by atoms with Gasteiger partial charge in [0.15, 0.2) is 11.5 Å². The Morgan fingerprint density at radius 1 is 1.00 bits per heavy atom. The van der Waals surface area contributed by atoms with E-state index >= 15 is 0 Å². The Morgan fingerprint density at radius 2 is 1.81 bits per heavy atom. The third kappa shape index (κ3) is 3.36. The lowest BCUT2D eigenvalue weighted by atomic mass is 10.0. The van der Waals surface area contributed by atoms with E-state index in [-0.39, 0.29) is 23.9 Å². The lowest BCUT2D eigenvalue weighted by Crippen LogP contribution is -2.42. The number of carbonyl (C=O) groups excluding carboxylic acids is 1. The van der Waals surface area contributed by atoms with Gasteiger partial charge in [-0.2, -0.15) is 0 Å². The zero-order valence-corrected chi connectivity index (χ0v) is 17.0. The molecule has 2 aliphatic rings. The van der Waals surface area contributed by atoms with Crippen molar-refractivity contribution in [1.29, 1.82) is 0 Å². The van der Waals surface area contributed by atoms with Crippen LogP contribution in [0.3, 0.4) is 0 Å². The highest BCUT2D eigenvalue weighted by molar-refractivity contribution is 7.93. The van der Waals surface area contributed by atoms with Crippen molar-refractivity contribution in [2.75, 3.05) is 17.6 Å². The van der Waals surface area contributed by atoms with E-state index in [9.17, 15) is 17.6 Å². The van der Waals surface area contributed by atoms with E-state index in [0.29, 0.717) is 22.6 Å². The molecule has 158 valence electrons. The van der Waals surface area contributed by atoms with Crippen molar-refractivity contribution in [3.63, 3.8) is 0 Å². The van der Waals surface area contributed by atoms with Crippen molar-refractivity contribution >= 4 is 21.6 Å². The molecule has 9 heteroatoms. The summed E-state index contributed by atoms with van der Waals surface area (Å²) in [5.41, 5.74) is 1.88. The number of sulfonamides is 1. The molecule has 0 fully saturated rings. The molecule has 0 saturated heterocycles. The van der Waals surface area contributed by atoms with Gasteiger partial charge in [0.1, 0.15) is 12.4 Å². The summed E-state index contributed by atoms with van der Waals surface area (Å²) in [6.07, 6.45) is 0. The molecule has 7 nitrogen and oxygen atoms in total. The Labute approximate surface area is 178 Å². The fourth-order valence-corrected chi connectivity index (χ4v) is 5.36. The number of carbonyl (C=O) groups is 1. The first-order valence-electron chi connectivity index (χ1n) is 9.50. The van der Waals surface area contributed by atoms with E-state index < -0.39 is 28.3 Å². The second-order valence-electron chi connectivity index (χ2n) is 7.13. The molecule has 31 heavy (non-hydrogen) atoms. The van der Waals surface area contributed by atoms with Crippen LogP contribution in [0.4, 0.5) is 10.1 Å². The number of nitrogens with zero attached hydrogens (tertiary/aromatic N) is 1. The monoisotopic (exact) mass is 440 g/mol. The van der Waals surface area contributed by atoms with Gasteiger partial charge in [-0.15, -0.1) is 0 Å². The molecule has 0 saturated carbocycles. The van der Waals surface area contributed by atoms with Crippen molar-refractivity contribution in [3.05, 3.63) is 72.0 Å². The topological polar surface area (TPSA) is 84.9 Å². The molecule has 0 bridgehead atoms. The maximum Gasteiger partial charge on any atom is 0.265 e. The summed E-state index contributed by atoms with van der Waals surface area (Å²) in [5, 5.41) is 2.73. The van der Waals surface area contributed by atoms with E-state index in [1.165, 1.54) is 24.3 Å². The highest BCUT2D eigenvalue weighted by Crippen LogP contribution is 2.43. The van der Waals surface area contributed by atoms with Crippen LogP contribution in [0.5, 0.6) is 11.5 Å². The van der Waals surface area contributed by atoms with Crippen LogP contribution in [0, 0.1) is 5.82 Å². The zero-order valence-electron chi connectivity index (χ0n) is 16.2. The van der Waals surface area contributed by atoms with E-state index in [0.717, 1.165) is 9.87 Å². The number of amides is 1. The highest BCUT2D eigenvalue weighted by atomic mass is 32.2. The number of hydrogen-bond acceptors (Lipinski definition) is 5. The molecular weight excluding hydrogens is 423 g/mol. The van der Waals surface area contributed by atoms with Gasteiger partial charge in [0, 0.05) is 17.7 Å². The molecule has 2 aliphatic heterocycles. The summed E-state index contributed by atoms with van der Waals surface area (Å²) in [6.45, 7) is -0.0878. The molecule has 1 amide bonds. The molecule has 0 spiro atoms. The number of ether oxygens (including phenoxy) is 2. The van der Waals surface area contributed by atoms with Gasteiger partial charge >= 0.3 is 0 Å². The normalized spacial score (nSPS) is 15.2. The highest BCUT2D eigenvalue weighted by Gasteiger charge is 2.36. The lowest BCUT2D eigenvalue weighted by molar-refractivity contribution is -0.119. The SMILES string of the molecule is O=C(CN1c2ccc(F)cc2-c2ccccc2S1(=O)=O)NCc1ccc2c(c1)OCO2. The maximum atomic E-state index is 13.9. The standard InChI is InChI=1S/C22H17FN2O5S/c23-15-6-7-18-17(10-15)16-3-1-2-4-21(16)31(27,28)25(18)12-22(26)24-11-14-5-8-19-20(9-14)30-13-29-19/h1-10H,11-13H2,(H,24,26). The smallest absolute Gasteiger partial charge is 0.265 e. The number of fused-ring (bicyclic) bond motifs is 4. The van der Waals surface area contributed by atoms with Crippen LogP contribution in [-0.2, 0) is 21.4 Å². The maximum absolute atomic E-state index is 13.9. The molecule has 0 aliphatic carbocycles. The molecule has 0 aromatic heterocycles. The predicted molar refractivity (Wildman–Crippen MR) is 111 cm³/mol. The van der Waals surface area contributed by atoms with E-state index in [2.05, 4.69) is 5.32 Å². The van der Waals surface area contributed by atoms with Gasteiger partial charge in [-0.1, -0.05) is 24.3 Å². The first-order valence-corrected chi connectivity index (χ1v) is 10.9. The Balaban J connectivity index is 1.40. The van der Waals surface area contributed by atoms with Gasteiger partial charge in [-0.25, -0.2) is 12.8 Å². The summed E-state index contributed by atoms with van der Waals surface area (Å²) >= 11 is 0. The fraction of sp³-hybridized carbons (Fsp3) is 0.136. The summed E-state index contributed by atoms with van der Waals surface area (Å²) in [7, 11) is -3.98. The van der Waals surface area contributed by atoms with Crippen molar-refractivity contribution < 1.29 is 27.1 Å². The van der Waals surface area contributed by atoms with E-state index in [1.807, 2.05) is 0 Å². The van der Waals surface area contributed by atoms with Gasteiger partial charge in [0.05, 0.1) is 10.6 Å².